The minimum Gasteiger partial charge on any atom is -0.507 e. The molecular formula is C12H13N3O3S. The maximum atomic E-state index is 10.9. The van der Waals surface area contributed by atoms with Gasteiger partial charge in [-0.25, -0.2) is 0 Å². The third-order valence-corrected chi connectivity index (χ3v) is 3.34. The summed E-state index contributed by atoms with van der Waals surface area (Å²) in [4.78, 5) is 10.9. The third kappa shape index (κ3) is 3.25. The van der Waals surface area contributed by atoms with Crippen molar-refractivity contribution in [2.45, 2.75) is 6.92 Å². The van der Waals surface area contributed by atoms with Gasteiger partial charge in [-0.1, -0.05) is 11.8 Å². The van der Waals surface area contributed by atoms with Gasteiger partial charge in [0.05, 0.1) is 19.1 Å². The lowest BCUT2D eigenvalue weighted by Crippen LogP contribution is -2.19. The number of benzene rings is 1. The highest BCUT2D eigenvalue weighted by Crippen LogP contribution is 2.26. The van der Waals surface area contributed by atoms with E-state index in [2.05, 4.69) is 15.5 Å². The highest BCUT2D eigenvalue weighted by molar-refractivity contribution is 8.15. The number of hydrogen-bond donors (Lipinski definition) is 2. The molecular weight excluding hydrogens is 266 g/mol. The van der Waals surface area contributed by atoms with E-state index in [0.717, 1.165) is 5.56 Å². The molecule has 0 spiro atoms. The second-order valence-corrected chi connectivity index (χ2v) is 4.83. The fourth-order valence-corrected chi connectivity index (χ4v) is 2.17. The van der Waals surface area contributed by atoms with Crippen molar-refractivity contribution < 1.29 is 14.6 Å². The van der Waals surface area contributed by atoms with Gasteiger partial charge in [-0.2, -0.15) is 5.10 Å². The minimum absolute atomic E-state index is 0.0844. The van der Waals surface area contributed by atoms with Gasteiger partial charge >= 0.3 is 0 Å². The van der Waals surface area contributed by atoms with Crippen LogP contribution in [-0.2, 0) is 4.79 Å². The number of carbonyl (C=O) groups excluding carboxylic acids is 1. The van der Waals surface area contributed by atoms with Gasteiger partial charge in [0.2, 0.25) is 5.91 Å². The predicted molar refractivity (Wildman–Crippen MR) is 75.0 cm³/mol. The molecule has 100 valence electrons. The maximum Gasteiger partial charge on any atom is 0.236 e. The molecule has 1 amide bonds. The van der Waals surface area contributed by atoms with Crippen LogP contribution in [0.3, 0.4) is 0 Å². The summed E-state index contributed by atoms with van der Waals surface area (Å²) in [6, 6.07) is 3.27. The van der Waals surface area contributed by atoms with E-state index in [9.17, 15) is 9.90 Å². The largest absolute Gasteiger partial charge is 0.507 e. The molecule has 2 N–H and O–H groups in total. The number of aryl methyl sites for hydroxylation is 1. The number of hydrogen-bond acceptors (Lipinski definition) is 6. The van der Waals surface area contributed by atoms with Crippen molar-refractivity contribution in [3.63, 3.8) is 0 Å². The number of ether oxygens (including phenoxy) is 1. The Balaban J connectivity index is 2.17. The zero-order valence-corrected chi connectivity index (χ0v) is 11.3. The first kappa shape index (κ1) is 13.4. The lowest BCUT2D eigenvalue weighted by atomic mass is 10.1. The van der Waals surface area contributed by atoms with E-state index >= 15 is 0 Å². The Bertz CT molecular complexity index is 570. The van der Waals surface area contributed by atoms with Crippen LogP contribution in [0.5, 0.6) is 11.5 Å². The summed E-state index contributed by atoms with van der Waals surface area (Å²) in [6.07, 6.45) is 1.41. The van der Waals surface area contributed by atoms with Gasteiger partial charge in [0.15, 0.2) is 5.17 Å². The normalized spacial score (nSPS) is 17.2. The van der Waals surface area contributed by atoms with Crippen LogP contribution in [0.15, 0.2) is 22.3 Å². The quantitative estimate of drug-likeness (QED) is 0.644. The topological polar surface area (TPSA) is 83.3 Å². The third-order valence-electron chi connectivity index (χ3n) is 2.48. The van der Waals surface area contributed by atoms with Gasteiger partial charge in [0.25, 0.3) is 0 Å². The fraction of sp³-hybridized carbons (Fsp3) is 0.250. The molecule has 0 bridgehead atoms. The van der Waals surface area contributed by atoms with Crippen LogP contribution < -0.4 is 10.1 Å². The van der Waals surface area contributed by atoms with Gasteiger partial charge in [-0.05, 0) is 24.6 Å². The number of nitrogens with zero attached hydrogens (tertiary/aromatic N) is 2. The summed E-state index contributed by atoms with van der Waals surface area (Å²) in [6.45, 7) is 1.84. The summed E-state index contributed by atoms with van der Waals surface area (Å²) in [7, 11) is 1.56. The predicted octanol–water partition coefficient (Wildman–Crippen LogP) is 1.26. The van der Waals surface area contributed by atoms with E-state index in [1.807, 2.05) is 6.92 Å². The van der Waals surface area contributed by atoms with Crippen molar-refractivity contribution in [1.82, 2.24) is 5.32 Å². The number of phenols is 1. The average Bonchev–Trinajstić information content (AvgIpc) is 2.78. The lowest BCUT2D eigenvalue weighted by Gasteiger charge is -2.06. The molecule has 1 aromatic rings. The molecule has 0 radical (unpaired) electrons. The van der Waals surface area contributed by atoms with Crippen molar-refractivity contribution in [3.8, 4) is 11.5 Å². The first-order valence-corrected chi connectivity index (χ1v) is 6.50. The molecule has 1 fully saturated rings. The van der Waals surface area contributed by atoms with Crippen LogP contribution in [0.1, 0.15) is 11.1 Å². The number of aromatic hydroxyl groups is 1. The zero-order chi connectivity index (χ0) is 13.8. The molecule has 1 aromatic carbocycles. The molecule has 1 aliphatic rings. The number of amidine groups is 1. The van der Waals surface area contributed by atoms with Crippen LogP contribution in [0.2, 0.25) is 0 Å². The van der Waals surface area contributed by atoms with Gasteiger partial charge in [0.1, 0.15) is 11.5 Å². The Morgan fingerprint density at radius 3 is 2.95 bits per heavy atom. The molecule has 0 atom stereocenters. The summed E-state index contributed by atoms with van der Waals surface area (Å²) < 4.78 is 5.16. The SMILES string of the molecule is COc1cc(C=NN=C2NC(=O)CS2)c(O)cc1C. The van der Waals surface area contributed by atoms with E-state index in [1.54, 1.807) is 19.2 Å². The Labute approximate surface area is 114 Å². The van der Waals surface area contributed by atoms with Crippen LogP contribution >= 0.6 is 11.8 Å². The van der Waals surface area contributed by atoms with Gasteiger partial charge in [0, 0.05) is 5.56 Å². The fourth-order valence-electron chi connectivity index (χ4n) is 1.53. The van der Waals surface area contributed by atoms with Crippen LogP contribution in [-0.4, -0.2) is 35.3 Å². The van der Waals surface area contributed by atoms with Gasteiger partial charge in [-0.15, -0.1) is 5.10 Å². The van der Waals surface area contributed by atoms with Crippen LogP contribution in [0, 0.1) is 6.92 Å². The van der Waals surface area contributed by atoms with E-state index in [0.29, 0.717) is 22.2 Å². The molecule has 0 aromatic heterocycles. The molecule has 7 heteroatoms. The molecule has 1 heterocycles. The smallest absolute Gasteiger partial charge is 0.236 e. The Morgan fingerprint density at radius 2 is 2.32 bits per heavy atom. The Hall–Kier alpha value is -2.02. The Morgan fingerprint density at radius 1 is 1.53 bits per heavy atom. The van der Waals surface area contributed by atoms with Crippen molar-refractivity contribution in [2.75, 3.05) is 12.9 Å². The van der Waals surface area contributed by atoms with E-state index in [1.165, 1.54) is 18.0 Å². The number of thioether (sulfide) groups is 1. The molecule has 0 saturated carbocycles. The molecule has 1 aliphatic heterocycles. The first-order chi connectivity index (χ1) is 9.10. The summed E-state index contributed by atoms with van der Waals surface area (Å²) >= 11 is 1.29. The monoisotopic (exact) mass is 279 g/mol. The van der Waals surface area contributed by atoms with Gasteiger partial charge in [-0.3, -0.25) is 4.79 Å². The maximum absolute atomic E-state index is 10.9. The van der Waals surface area contributed by atoms with Crippen molar-refractivity contribution in [1.29, 1.82) is 0 Å². The Kier molecular flexibility index (Phi) is 4.06. The molecule has 6 nitrogen and oxygen atoms in total. The molecule has 2 rings (SSSR count). The standard InChI is InChI=1S/C12H13N3O3S/c1-7-3-9(16)8(4-10(7)18-2)5-13-15-12-14-11(17)6-19-12/h3-5,16H,6H2,1-2H3,(H,14,15,17). The minimum atomic E-state index is -0.0844. The summed E-state index contributed by atoms with van der Waals surface area (Å²) in [5, 5.41) is 20.5. The number of phenolic OH excluding ortho intramolecular Hbond substituents is 1. The van der Waals surface area contributed by atoms with Crippen molar-refractivity contribution >= 4 is 29.1 Å². The number of methoxy groups -OCH3 is 1. The van der Waals surface area contributed by atoms with Gasteiger partial charge < -0.3 is 15.2 Å². The summed E-state index contributed by atoms with van der Waals surface area (Å²) in [5.41, 5.74) is 1.34. The second kappa shape index (κ2) is 5.75. The van der Waals surface area contributed by atoms with Crippen LogP contribution in [0.25, 0.3) is 0 Å². The number of nitrogens with one attached hydrogen (secondary N) is 1. The zero-order valence-electron chi connectivity index (χ0n) is 10.5. The van der Waals surface area contributed by atoms with Crippen molar-refractivity contribution in [2.24, 2.45) is 10.2 Å². The molecule has 19 heavy (non-hydrogen) atoms. The second-order valence-electron chi connectivity index (χ2n) is 3.87. The van der Waals surface area contributed by atoms with E-state index in [4.69, 9.17) is 4.74 Å². The molecule has 1 saturated heterocycles. The lowest BCUT2D eigenvalue weighted by molar-refractivity contribution is -0.116. The number of rotatable bonds is 3. The number of amides is 1. The molecule has 0 unspecified atom stereocenters. The summed E-state index contributed by atoms with van der Waals surface area (Å²) in [5.74, 6) is 1.04. The average molecular weight is 279 g/mol. The highest BCUT2D eigenvalue weighted by Gasteiger charge is 2.16. The van der Waals surface area contributed by atoms with Crippen molar-refractivity contribution in [3.05, 3.63) is 23.3 Å². The van der Waals surface area contributed by atoms with E-state index < -0.39 is 0 Å². The molecule has 0 aliphatic carbocycles. The van der Waals surface area contributed by atoms with Crippen LogP contribution in [0.4, 0.5) is 0 Å². The first-order valence-electron chi connectivity index (χ1n) is 5.51. The van der Waals surface area contributed by atoms with E-state index in [-0.39, 0.29) is 11.7 Å². The highest BCUT2D eigenvalue weighted by atomic mass is 32.2. The number of carbonyl (C=O) groups is 1.